The molecule has 0 radical (unpaired) electrons. The zero-order valence-corrected chi connectivity index (χ0v) is 15.9. The molecule has 1 unspecified atom stereocenters. The predicted octanol–water partition coefficient (Wildman–Crippen LogP) is 4.13. The Labute approximate surface area is 121 Å². The lowest BCUT2D eigenvalue weighted by molar-refractivity contribution is -0.137. The van der Waals surface area contributed by atoms with Crippen molar-refractivity contribution >= 4 is 22.5 Å². The monoisotopic (exact) mass is 303 g/mol. The molecule has 19 heavy (non-hydrogen) atoms. The normalized spacial score (nSPS) is 14.3. The van der Waals surface area contributed by atoms with E-state index in [1.165, 1.54) is 19.3 Å². The number of unbranched alkanes of at least 4 members (excludes halogenated alkanes) is 3. The molecule has 0 aliphatic carbocycles. The van der Waals surface area contributed by atoms with Gasteiger partial charge in [0.15, 0.2) is 0 Å². The summed E-state index contributed by atoms with van der Waals surface area (Å²) in [6.45, 7) is 15.1. The molecule has 0 heterocycles. The lowest BCUT2D eigenvalue weighted by Crippen LogP contribution is -2.53. The van der Waals surface area contributed by atoms with Gasteiger partial charge in [0, 0.05) is 0 Å². The highest BCUT2D eigenvalue weighted by Gasteiger charge is 2.29. The smallest absolute Gasteiger partial charge is 0.309 e. The summed E-state index contributed by atoms with van der Waals surface area (Å²) in [5, 5.41) is 0. The van der Waals surface area contributed by atoms with Crippen molar-refractivity contribution in [3.05, 3.63) is 0 Å². The molecule has 0 saturated heterocycles. The standard InChI is InChI=1S/C14H33NO2Si2/c1-8-9-10-11-12-13(15-18(2,3)4)14(16)17-19(5,6)7/h13,15H,8-12H2,1-7H3. The largest absolute Gasteiger partial charge is 0.519 e. The molecule has 0 bridgehead atoms. The van der Waals surface area contributed by atoms with Crippen LogP contribution >= 0.6 is 0 Å². The molecular weight excluding hydrogens is 270 g/mol. The van der Waals surface area contributed by atoms with E-state index in [0.717, 1.165) is 12.8 Å². The summed E-state index contributed by atoms with van der Waals surface area (Å²) in [6, 6.07) is -0.102. The summed E-state index contributed by atoms with van der Waals surface area (Å²) < 4.78 is 5.66. The molecular formula is C14H33NO2Si2. The highest BCUT2D eigenvalue weighted by molar-refractivity contribution is 6.74. The van der Waals surface area contributed by atoms with E-state index in [2.05, 4.69) is 51.2 Å². The van der Waals surface area contributed by atoms with Gasteiger partial charge in [-0.3, -0.25) is 4.79 Å². The molecule has 1 atom stereocenters. The van der Waals surface area contributed by atoms with Gasteiger partial charge in [-0.25, -0.2) is 0 Å². The van der Waals surface area contributed by atoms with Crippen LogP contribution in [0.15, 0.2) is 0 Å². The van der Waals surface area contributed by atoms with Gasteiger partial charge in [-0.2, -0.15) is 0 Å². The van der Waals surface area contributed by atoms with E-state index < -0.39 is 16.6 Å². The van der Waals surface area contributed by atoms with Crippen LogP contribution in [-0.4, -0.2) is 28.6 Å². The Hall–Kier alpha value is -0.136. The minimum absolute atomic E-state index is 0.0295. The van der Waals surface area contributed by atoms with Crippen molar-refractivity contribution in [1.82, 2.24) is 4.98 Å². The van der Waals surface area contributed by atoms with Crippen LogP contribution < -0.4 is 4.98 Å². The van der Waals surface area contributed by atoms with Gasteiger partial charge in [0.1, 0.15) is 8.24 Å². The average Bonchev–Trinajstić information content (AvgIpc) is 2.18. The van der Waals surface area contributed by atoms with Gasteiger partial charge in [-0.15, -0.1) is 0 Å². The van der Waals surface area contributed by atoms with Crippen LogP contribution in [0.3, 0.4) is 0 Å². The second-order valence-corrected chi connectivity index (χ2v) is 16.5. The summed E-state index contributed by atoms with van der Waals surface area (Å²) in [5.41, 5.74) is 0. The van der Waals surface area contributed by atoms with E-state index >= 15 is 0 Å². The van der Waals surface area contributed by atoms with Crippen molar-refractivity contribution in [2.24, 2.45) is 0 Å². The molecule has 0 saturated carbocycles. The molecule has 114 valence electrons. The molecule has 0 aliphatic heterocycles. The lowest BCUT2D eigenvalue weighted by atomic mass is 10.1. The maximum absolute atomic E-state index is 12.3. The maximum atomic E-state index is 12.3. The second-order valence-electron chi connectivity index (χ2n) is 7.33. The van der Waals surface area contributed by atoms with Crippen LogP contribution in [0.2, 0.25) is 39.3 Å². The highest BCUT2D eigenvalue weighted by Crippen LogP contribution is 2.12. The summed E-state index contributed by atoms with van der Waals surface area (Å²) in [4.78, 5) is 15.8. The third kappa shape index (κ3) is 11.4. The molecule has 5 heteroatoms. The Kier molecular flexibility index (Phi) is 8.16. The van der Waals surface area contributed by atoms with Crippen LogP contribution in [0.25, 0.3) is 0 Å². The molecule has 0 spiro atoms. The van der Waals surface area contributed by atoms with Gasteiger partial charge in [-0.05, 0) is 26.1 Å². The number of carbonyl (C=O) groups is 1. The van der Waals surface area contributed by atoms with E-state index in [0.29, 0.717) is 0 Å². The molecule has 0 aromatic heterocycles. The molecule has 0 amide bonds. The fourth-order valence-electron chi connectivity index (χ4n) is 1.92. The van der Waals surface area contributed by atoms with Crippen molar-refractivity contribution in [3.63, 3.8) is 0 Å². The first-order valence-corrected chi connectivity index (χ1v) is 14.5. The zero-order chi connectivity index (χ0) is 15.1. The maximum Gasteiger partial charge on any atom is 0.309 e. The third-order valence-electron chi connectivity index (χ3n) is 2.64. The third-order valence-corrected chi connectivity index (χ3v) is 4.67. The first-order chi connectivity index (χ1) is 8.55. The zero-order valence-electron chi connectivity index (χ0n) is 13.9. The molecule has 0 rings (SSSR count). The van der Waals surface area contributed by atoms with Gasteiger partial charge in [-0.1, -0.05) is 52.2 Å². The van der Waals surface area contributed by atoms with E-state index in [9.17, 15) is 4.79 Å². The summed E-state index contributed by atoms with van der Waals surface area (Å²) in [6.07, 6.45) is 5.71. The van der Waals surface area contributed by atoms with Crippen LogP contribution in [0.1, 0.15) is 39.0 Å². The SMILES string of the molecule is CCCCCCC(N[Si](C)(C)C)C(=O)O[Si](C)(C)C. The topological polar surface area (TPSA) is 38.3 Å². The number of hydrogen-bond donors (Lipinski definition) is 1. The molecule has 0 aromatic rings. The first-order valence-electron chi connectivity index (χ1n) is 7.56. The molecule has 0 aliphatic rings. The lowest BCUT2D eigenvalue weighted by Gasteiger charge is -2.28. The molecule has 1 N–H and O–H groups in total. The Morgan fingerprint density at radius 2 is 1.63 bits per heavy atom. The second kappa shape index (κ2) is 8.22. The van der Waals surface area contributed by atoms with Crippen molar-refractivity contribution in [2.75, 3.05) is 0 Å². The van der Waals surface area contributed by atoms with E-state index in [4.69, 9.17) is 4.43 Å². The fourth-order valence-corrected chi connectivity index (χ4v) is 3.97. The number of rotatable bonds is 9. The average molecular weight is 304 g/mol. The Morgan fingerprint density at radius 3 is 2.05 bits per heavy atom. The van der Waals surface area contributed by atoms with Crippen molar-refractivity contribution in [2.45, 2.75) is 84.4 Å². The van der Waals surface area contributed by atoms with Crippen LogP contribution in [0.5, 0.6) is 0 Å². The summed E-state index contributed by atoms with van der Waals surface area (Å²) in [5.74, 6) is -0.0295. The van der Waals surface area contributed by atoms with Crippen molar-refractivity contribution in [3.8, 4) is 0 Å². The van der Waals surface area contributed by atoms with E-state index in [-0.39, 0.29) is 12.0 Å². The predicted molar refractivity (Wildman–Crippen MR) is 88.5 cm³/mol. The van der Waals surface area contributed by atoms with Crippen LogP contribution in [-0.2, 0) is 9.22 Å². The quantitative estimate of drug-likeness (QED) is 0.514. The minimum atomic E-state index is -1.79. The Balaban J connectivity index is 4.44. The van der Waals surface area contributed by atoms with Gasteiger partial charge in [0.2, 0.25) is 8.32 Å². The minimum Gasteiger partial charge on any atom is -0.519 e. The van der Waals surface area contributed by atoms with Crippen LogP contribution in [0.4, 0.5) is 0 Å². The summed E-state index contributed by atoms with van der Waals surface area (Å²) >= 11 is 0. The number of carbonyl (C=O) groups excluding carboxylic acids is 1. The van der Waals surface area contributed by atoms with Crippen LogP contribution in [0, 0.1) is 0 Å². The highest BCUT2D eigenvalue weighted by atomic mass is 28.4. The Bertz CT molecular complexity index is 270. The van der Waals surface area contributed by atoms with E-state index in [1.54, 1.807) is 0 Å². The number of hydrogen-bond acceptors (Lipinski definition) is 3. The van der Waals surface area contributed by atoms with Crippen molar-refractivity contribution < 1.29 is 9.22 Å². The first kappa shape index (κ1) is 18.9. The molecule has 3 nitrogen and oxygen atoms in total. The molecule has 0 aromatic carbocycles. The van der Waals surface area contributed by atoms with Gasteiger partial charge < -0.3 is 9.41 Å². The van der Waals surface area contributed by atoms with Gasteiger partial charge in [0.25, 0.3) is 0 Å². The summed E-state index contributed by atoms with van der Waals surface area (Å²) in [7, 11) is -3.25. The Morgan fingerprint density at radius 1 is 1.05 bits per heavy atom. The van der Waals surface area contributed by atoms with Crippen molar-refractivity contribution in [1.29, 1.82) is 0 Å². The fraction of sp³-hybridized carbons (Fsp3) is 0.929. The van der Waals surface area contributed by atoms with Gasteiger partial charge >= 0.3 is 5.97 Å². The van der Waals surface area contributed by atoms with Gasteiger partial charge in [0.05, 0.1) is 6.04 Å². The van der Waals surface area contributed by atoms with E-state index in [1.807, 2.05) is 0 Å². The number of nitrogens with one attached hydrogen (secondary N) is 1. The molecule has 0 fully saturated rings.